The molecule has 4 heterocycles. The van der Waals surface area contributed by atoms with Crippen molar-refractivity contribution in [2.24, 2.45) is 0 Å². The maximum atomic E-state index is 5.10. The first-order valence-electron chi connectivity index (χ1n) is 12.3. The fourth-order valence-electron chi connectivity index (χ4n) is 5.42. The normalized spacial score (nSPS) is 11.8. The molecule has 0 radical (unpaired) electrons. The number of pyridine rings is 3. The van der Waals surface area contributed by atoms with Crippen molar-refractivity contribution in [3.05, 3.63) is 116 Å². The SMILES string of the molecule is c1cnc2c(-c3cccc4sc5ccc(-c6ccc7ccc8cccnc8c7n6)cc5c34)cccc2c1. The lowest BCUT2D eigenvalue weighted by atomic mass is 9.96. The fraction of sp³-hybridized carbons (Fsp3) is 0. The molecular formula is C33H19N3S. The van der Waals surface area contributed by atoms with E-state index >= 15 is 0 Å². The molecule has 0 atom stereocenters. The molecule has 0 spiro atoms. The molecule has 4 heteroatoms. The minimum absolute atomic E-state index is 0.938. The molecule has 4 aromatic carbocycles. The topological polar surface area (TPSA) is 38.7 Å². The molecule has 172 valence electrons. The minimum Gasteiger partial charge on any atom is -0.256 e. The molecule has 0 amide bonds. The number of para-hydroxylation sites is 1. The van der Waals surface area contributed by atoms with Gasteiger partial charge in [-0.2, -0.15) is 0 Å². The second kappa shape index (κ2) is 7.92. The Morgan fingerprint density at radius 3 is 2.11 bits per heavy atom. The van der Waals surface area contributed by atoms with Gasteiger partial charge in [0.15, 0.2) is 0 Å². The first-order chi connectivity index (χ1) is 18.3. The lowest BCUT2D eigenvalue weighted by Gasteiger charge is -2.09. The van der Waals surface area contributed by atoms with E-state index in [0.29, 0.717) is 0 Å². The van der Waals surface area contributed by atoms with Crippen molar-refractivity contribution < 1.29 is 0 Å². The van der Waals surface area contributed by atoms with E-state index < -0.39 is 0 Å². The summed E-state index contributed by atoms with van der Waals surface area (Å²) in [7, 11) is 0. The number of benzene rings is 4. The summed E-state index contributed by atoms with van der Waals surface area (Å²) in [4.78, 5) is 14.5. The molecule has 0 aliphatic rings. The summed E-state index contributed by atoms with van der Waals surface area (Å²) in [5.74, 6) is 0. The Bertz CT molecular complexity index is 2150. The average Bonchev–Trinajstić information content (AvgIpc) is 3.35. The Hall–Kier alpha value is -4.67. The number of rotatable bonds is 2. The Balaban J connectivity index is 1.38. The summed E-state index contributed by atoms with van der Waals surface area (Å²) in [5.41, 5.74) is 7.35. The third-order valence-electron chi connectivity index (χ3n) is 7.15. The van der Waals surface area contributed by atoms with Crippen LogP contribution in [0.3, 0.4) is 0 Å². The van der Waals surface area contributed by atoms with E-state index in [2.05, 4.69) is 96.0 Å². The van der Waals surface area contributed by atoms with Crippen molar-refractivity contribution in [2.75, 3.05) is 0 Å². The molecule has 0 N–H and O–H groups in total. The maximum Gasteiger partial charge on any atom is 0.0972 e. The zero-order valence-electron chi connectivity index (χ0n) is 19.7. The standard InChI is InChI=1S/C33H19N3S/c1-5-20-6-3-17-34-31(20)25(9-1)24-8-2-10-29-30(24)26-19-23(14-16-28(26)37-29)27-15-13-22-12-11-21-7-4-18-35-32(21)33(22)36-27/h1-19H. The van der Waals surface area contributed by atoms with Crippen molar-refractivity contribution in [1.82, 2.24) is 15.0 Å². The highest BCUT2D eigenvalue weighted by Gasteiger charge is 2.15. The maximum absolute atomic E-state index is 5.10. The van der Waals surface area contributed by atoms with E-state index in [0.717, 1.165) is 49.5 Å². The highest BCUT2D eigenvalue weighted by atomic mass is 32.1. The molecule has 0 aliphatic carbocycles. The van der Waals surface area contributed by atoms with Gasteiger partial charge in [0.1, 0.15) is 0 Å². The van der Waals surface area contributed by atoms with Gasteiger partial charge >= 0.3 is 0 Å². The van der Waals surface area contributed by atoms with Gasteiger partial charge in [0, 0.05) is 59.9 Å². The van der Waals surface area contributed by atoms with E-state index in [-0.39, 0.29) is 0 Å². The smallest absolute Gasteiger partial charge is 0.0972 e. The van der Waals surface area contributed by atoms with Gasteiger partial charge in [-0.25, -0.2) is 4.98 Å². The predicted octanol–water partition coefficient (Wildman–Crippen LogP) is 9.03. The Labute approximate surface area is 216 Å². The van der Waals surface area contributed by atoms with E-state index in [1.54, 1.807) is 0 Å². The van der Waals surface area contributed by atoms with Crippen LogP contribution in [0.2, 0.25) is 0 Å². The monoisotopic (exact) mass is 489 g/mol. The quantitative estimate of drug-likeness (QED) is 0.227. The lowest BCUT2D eigenvalue weighted by Crippen LogP contribution is -1.89. The summed E-state index contributed by atoms with van der Waals surface area (Å²) >= 11 is 1.83. The zero-order chi connectivity index (χ0) is 24.3. The van der Waals surface area contributed by atoms with Crippen LogP contribution in [0, 0.1) is 0 Å². The number of nitrogens with zero attached hydrogens (tertiary/aromatic N) is 3. The number of hydrogen-bond acceptors (Lipinski definition) is 4. The van der Waals surface area contributed by atoms with Crippen molar-refractivity contribution in [1.29, 1.82) is 0 Å². The van der Waals surface area contributed by atoms with Crippen molar-refractivity contribution >= 4 is 64.2 Å². The number of hydrogen-bond donors (Lipinski definition) is 0. The molecule has 8 aromatic rings. The molecule has 8 rings (SSSR count). The first kappa shape index (κ1) is 20.5. The van der Waals surface area contributed by atoms with Crippen LogP contribution in [0.4, 0.5) is 0 Å². The van der Waals surface area contributed by atoms with Gasteiger partial charge in [-0.3, -0.25) is 9.97 Å². The molecule has 0 bridgehead atoms. The van der Waals surface area contributed by atoms with Crippen LogP contribution in [-0.2, 0) is 0 Å². The van der Waals surface area contributed by atoms with Gasteiger partial charge in [-0.1, -0.05) is 66.7 Å². The van der Waals surface area contributed by atoms with Crippen molar-refractivity contribution in [3.63, 3.8) is 0 Å². The number of aromatic nitrogens is 3. The average molecular weight is 490 g/mol. The highest BCUT2D eigenvalue weighted by Crippen LogP contribution is 2.42. The third kappa shape index (κ3) is 3.16. The first-order valence-corrected chi connectivity index (χ1v) is 13.1. The van der Waals surface area contributed by atoms with Gasteiger partial charge in [-0.15, -0.1) is 11.3 Å². The lowest BCUT2D eigenvalue weighted by molar-refractivity contribution is 1.37. The van der Waals surface area contributed by atoms with E-state index in [1.165, 1.54) is 25.7 Å². The van der Waals surface area contributed by atoms with Gasteiger partial charge in [0.25, 0.3) is 0 Å². The van der Waals surface area contributed by atoms with Crippen LogP contribution in [-0.4, -0.2) is 15.0 Å². The molecule has 3 nitrogen and oxygen atoms in total. The van der Waals surface area contributed by atoms with Crippen LogP contribution in [0.1, 0.15) is 0 Å². The summed E-state index contributed by atoms with van der Waals surface area (Å²) in [6.45, 7) is 0. The van der Waals surface area contributed by atoms with Crippen LogP contribution in [0.25, 0.3) is 75.3 Å². The van der Waals surface area contributed by atoms with E-state index in [9.17, 15) is 0 Å². The van der Waals surface area contributed by atoms with Gasteiger partial charge in [0.2, 0.25) is 0 Å². The summed E-state index contributed by atoms with van der Waals surface area (Å²) in [6.07, 6.45) is 3.71. The Morgan fingerprint density at radius 2 is 1.22 bits per heavy atom. The summed E-state index contributed by atoms with van der Waals surface area (Å²) in [5, 5.41) is 5.88. The van der Waals surface area contributed by atoms with Crippen LogP contribution in [0.5, 0.6) is 0 Å². The second-order valence-electron chi connectivity index (χ2n) is 9.28. The molecule has 0 unspecified atom stereocenters. The van der Waals surface area contributed by atoms with E-state index in [4.69, 9.17) is 9.97 Å². The minimum atomic E-state index is 0.938. The molecule has 37 heavy (non-hydrogen) atoms. The van der Waals surface area contributed by atoms with E-state index in [1.807, 2.05) is 35.9 Å². The predicted molar refractivity (Wildman–Crippen MR) is 156 cm³/mol. The summed E-state index contributed by atoms with van der Waals surface area (Å²) in [6, 6.07) is 36.4. The number of thiophene rings is 1. The number of fused-ring (bicyclic) bond motifs is 7. The fourth-order valence-corrected chi connectivity index (χ4v) is 6.53. The third-order valence-corrected chi connectivity index (χ3v) is 8.28. The highest BCUT2D eigenvalue weighted by molar-refractivity contribution is 7.26. The molecule has 0 fully saturated rings. The molecule has 4 aromatic heterocycles. The Morgan fingerprint density at radius 1 is 0.514 bits per heavy atom. The largest absolute Gasteiger partial charge is 0.256 e. The molecule has 0 saturated heterocycles. The molecule has 0 aliphatic heterocycles. The Kier molecular flexibility index (Phi) is 4.39. The summed E-state index contributed by atoms with van der Waals surface area (Å²) < 4.78 is 2.55. The van der Waals surface area contributed by atoms with Crippen molar-refractivity contribution in [2.45, 2.75) is 0 Å². The van der Waals surface area contributed by atoms with Crippen LogP contribution in [0.15, 0.2) is 116 Å². The van der Waals surface area contributed by atoms with Gasteiger partial charge in [0.05, 0.1) is 22.2 Å². The second-order valence-corrected chi connectivity index (χ2v) is 10.4. The van der Waals surface area contributed by atoms with Gasteiger partial charge in [-0.05, 0) is 42.0 Å². The zero-order valence-corrected chi connectivity index (χ0v) is 20.5. The van der Waals surface area contributed by atoms with Crippen molar-refractivity contribution in [3.8, 4) is 22.4 Å². The van der Waals surface area contributed by atoms with Crippen LogP contribution < -0.4 is 0 Å². The molecule has 0 saturated carbocycles. The van der Waals surface area contributed by atoms with Gasteiger partial charge < -0.3 is 0 Å². The van der Waals surface area contributed by atoms with Crippen LogP contribution >= 0.6 is 11.3 Å². The molecular weight excluding hydrogens is 470 g/mol.